The largest absolute Gasteiger partial charge is 0.508 e. The van der Waals surface area contributed by atoms with E-state index in [0.717, 1.165) is 18.2 Å². The van der Waals surface area contributed by atoms with Gasteiger partial charge in [-0.1, -0.05) is 0 Å². The molecule has 7 N–H and O–H groups in total. The number of fused-ring (bicyclic) bond motifs is 1. The van der Waals surface area contributed by atoms with E-state index in [1.165, 1.54) is 18.2 Å². The van der Waals surface area contributed by atoms with Crippen LogP contribution < -0.4 is 10.2 Å². The van der Waals surface area contributed by atoms with E-state index < -0.39 is 54.2 Å². The Hall–Kier alpha value is -3.35. The standard InChI is InChI=1S/C21H20O11/c22-7-16-18(27)19(28)20(29)21(32-16)31-13-2-1-8(3-10(13)24)14-6-12(26)17-11(25)4-9(23)5-15(17)30-14/h1-6,16,18-25,27-29H,7H2/t16-,18-,19-,20+,21+/m1/s1. The number of hydrogen-bond acceptors (Lipinski definition) is 11. The molecule has 3 aromatic rings. The van der Waals surface area contributed by atoms with Crippen LogP contribution in [0.2, 0.25) is 0 Å². The van der Waals surface area contributed by atoms with Crippen molar-refractivity contribution in [2.45, 2.75) is 30.7 Å². The van der Waals surface area contributed by atoms with Gasteiger partial charge in [0.15, 0.2) is 16.9 Å². The molecule has 11 nitrogen and oxygen atoms in total. The number of hydrogen-bond donors (Lipinski definition) is 7. The molecule has 0 amide bonds. The molecule has 32 heavy (non-hydrogen) atoms. The second-order valence-corrected chi connectivity index (χ2v) is 7.31. The summed E-state index contributed by atoms with van der Waals surface area (Å²) in [7, 11) is 0. The number of aliphatic hydroxyl groups excluding tert-OH is 4. The molecule has 1 fully saturated rings. The summed E-state index contributed by atoms with van der Waals surface area (Å²) >= 11 is 0. The lowest BCUT2D eigenvalue weighted by atomic mass is 9.99. The maximum atomic E-state index is 12.4. The second kappa shape index (κ2) is 8.30. The molecular weight excluding hydrogens is 428 g/mol. The van der Waals surface area contributed by atoms with E-state index in [1.54, 1.807) is 0 Å². The van der Waals surface area contributed by atoms with E-state index in [2.05, 4.69) is 0 Å². The molecule has 2 aromatic carbocycles. The van der Waals surface area contributed by atoms with E-state index in [4.69, 9.17) is 13.9 Å². The van der Waals surface area contributed by atoms with Gasteiger partial charge in [-0.2, -0.15) is 0 Å². The van der Waals surface area contributed by atoms with Gasteiger partial charge in [0.2, 0.25) is 6.29 Å². The lowest BCUT2D eigenvalue weighted by molar-refractivity contribution is -0.277. The molecule has 0 bridgehead atoms. The predicted octanol–water partition coefficient (Wildman–Crippen LogP) is -0.245. The van der Waals surface area contributed by atoms with Crippen LogP contribution in [0, 0.1) is 0 Å². The quantitative estimate of drug-likeness (QED) is 0.279. The fourth-order valence-electron chi connectivity index (χ4n) is 3.46. The number of aliphatic hydroxyl groups is 4. The van der Waals surface area contributed by atoms with Crippen LogP contribution >= 0.6 is 0 Å². The van der Waals surface area contributed by atoms with Gasteiger partial charge in [-0.05, 0) is 18.2 Å². The van der Waals surface area contributed by atoms with Crippen LogP contribution in [0.1, 0.15) is 0 Å². The Kier molecular flexibility index (Phi) is 5.67. The molecular formula is C21H20O11. The van der Waals surface area contributed by atoms with Crippen LogP contribution in [0.5, 0.6) is 23.0 Å². The number of benzene rings is 2. The summed E-state index contributed by atoms with van der Waals surface area (Å²) < 4.78 is 16.2. The van der Waals surface area contributed by atoms with Gasteiger partial charge in [0.1, 0.15) is 52.6 Å². The Labute approximate surface area is 179 Å². The van der Waals surface area contributed by atoms with Gasteiger partial charge in [0, 0.05) is 23.8 Å². The van der Waals surface area contributed by atoms with Crippen LogP contribution in [0.15, 0.2) is 45.6 Å². The third kappa shape index (κ3) is 3.83. The molecule has 1 aliphatic heterocycles. The molecule has 0 unspecified atom stereocenters. The van der Waals surface area contributed by atoms with Crippen molar-refractivity contribution < 1.29 is 49.6 Å². The average molecular weight is 448 g/mol. The molecule has 5 atom stereocenters. The van der Waals surface area contributed by atoms with Crippen molar-refractivity contribution in [1.29, 1.82) is 0 Å². The van der Waals surface area contributed by atoms with Crippen molar-refractivity contribution >= 4 is 11.0 Å². The smallest absolute Gasteiger partial charge is 0.229 e. The van der Waals surface area contributed by atoms with Gasteiger partial charge in [-0.25, -0.2) is 0 Å². The molecule has 4 rings (SSSR count). The maximum Gasteiger partial charge on any atom is 0.229 e. The molecule has 2 heterocycles. The topological polar surface area (TPSA) is 190 Å². The summed E-state index contributed by atoms with van der Waals surface area (Å²) in [5, 5.41) is 68.7. The molecule has 170 valence electrons. The number of phenolic OH excluding ortho intramolecular Hbond substituents is 3. The highest BCUT2D eigenvalue weighted by atomic mass is 16.7. The van der Waals surface area contributed by atoms with E-state index in [1.807, 2.05) is 0 Å². The Bertz CT molecular complexity index is 1200. The Balaban J connectivity index is 1.64. The van der Waals surface area contributed by atoms with Gasteiger partial charge < -0.3 is 49.6 Å². The summed E-state index contributed by atoms with van der Waals surface area (Å²) in [5.74, 6) is -1.30. The molecule has 1 aliphatic rings. The summed E-state index contributed by atoms with van der Waals surface area (Å²) in [6.07, 6.45) is -7.54. The van der Waals surface area contributed by atoms with Gasteiger partial charge in [-0.15, -0.1) is 0 Å². The minimum atomic E-state index is -1.66. The summed E-state index contributed by atoms with van der Waals surface area (Å²) in [4.78, 5) is 12.4. The van der Waals surface area contributed by atoms with Crippen LogP contribution in [-0.4, -0.2) is 73.1 Å². The second-order valence-electron chi connectivity index (χ2n) is 7.31. The average Bonchev–Trinajstić information content (AvgIpc) is 2.74. The summed E-state index contributed by atoms with van der Waals surface area (Å²) in [6.45, 7) is -0.637. The number of aromatic hydroxyl groups is 3. The molecule has 1 aromatic heterocycles. The molecule has 0 radical (unpaired) electrons. The van der Waals surface area contributed by atoms with Crippen molar-refractivity contribution in [1.82, 2.24) is 0 Å². The molecule has 11 heteroatoms. The van der Waals surface area contributed by atoms with Gasteiger partial charge in [0.05, 0.1) is 6.61 Å². The summed E-state index contributed by atoms with van der Waals surface area (Å²) in [5.41, 5.74) is -0.378. The van der Waals surface area contributed by atoms with Crippen LogP contribution in [0.4, 0.5) is 0 Å². The van der Waals surface area contributed by atoms with Crippen molar-refractivity contribution in [3.05, 3.63) is 46.6 Å². The molecule has 0 aliphatic carbocycles. The monoisotopic (exact) mass is 448 g/mol. The lowest BCUT2D eigenvalue weighted by Crippen LogP contribution is -2.60. The third-order valence-corrected chi connectivity index (χ3v) is 5.13. The first kappa shape index (κ1) is 21.9. The highest BCUT2D eigenvalue weighted by Gasteiger charge is 2.44. The highest BCUT2D eigenvalue weighted by Crippen LogP contribution is 2.35. The molecule has 0 saturated carbocycles. The minimum absolute atomic E-state index is 0.0298. The van der Waals surface area contributed by atoms with Crippen molar-refractivity contribution in [2.75, 3.05) is 6.61 Å². The molecule has 0 spiro atoms. The maximum absolute atomic E-state index is 12.4. The van der Waals surface area contributed by atoms with Crippen LogP contribution in [0.3, 0.4) is 0 Å². The summed E-state index contributed by atoms with van der Waals surface area (Å²) in [6, 6.07) is 7.19. The zero-order chi connectivity index (χ0) is 23.2. The van der Waals surface area contributed by atoms with Crippen LogP contribution in [-0.2, 0) is 4.74 Å². The Morgan fingerprint density at radius 3 is 2.34 bits per heavy atom. The van der Waals surface area contributed by atoms with Crippen LogP contribution in [0.25, 0.3) is 22.3 Å². The fourth-order valence-corrected chi connectivity index (χ4v) is 3.46. The Morgan fingerprint density at radius 2 is 1.66 bits per heavy atom. The number of ether oxygens (including phenoxy) is 2. The fraction of sp³-hybridized carbons (Fsp3) is 0.286. The number of phenols is 3. The predicted molar refractivity (Wildman–Crippen MR) is 107 cm³/mol. The Morgan fingerprint density at radius 1 is 0.906 bits per heavy atom. The van der Waals surface area contributed by atoms with E-state index in [9.17, 15) is 40.5 Å². The highest BCUT2D eigenvalue weighted by molar-refractivity contribution is 5.86. The van der Waals surface area contributed by atoms with Crippen molar-refractivity contribution in [2.24, 2.45) is 0 Å². The van der Waals surface area contributed by atoms with E-state index in [0.29, 0.717) is 0 Å². The van der Waals surface area contributed by atoms with E-state index in [-0.39, 0.29) is 33.8 Å². The van der Waals surface area contributed by atoms with Gasteiger partial charge in [-0.3, -0.25) is 4.79 Å². The first-order valence-electron chi connectivity index (χ1n) is 9.50. The zero-order valence-electron chi connectivity index (χ0n) is 16.3. The zero-order valence-corrected chi connectivity index (χ0v) is 16.3. The molecule has 1 saturated heterocycles. The van der Waals surface area contributed by atoms with E-state index >= 15 is 0 Å². The van der Waals surface area contributed by atoms with Crippen molar-refractivity contribution in [3.8, 4) is 34.3 Å². The SMILES string of the molecule is O=c1cc(-c2ccc(O[C@H]3O[C@H](CO)[C@@H](O)[C@@H](O)[C@@H]3O)c(O)c2)oc2cc(O)cc(O)c12. The van der Waals surface area contributed by atoms with Crippen molar-refractivity contribution in [3.63, 3.8) is 0 Å². The normalized spacial score (nSPS) is 25.7. The lowest BCUT2D eigenvalue weighted by Gasteiger charge is -2.39. The number of rotatable bonds is 4. The first-order valence-corrected chi connectivity index (χ1v) is 9.50. The van der Waals surface area contributed by atoms with Gasteiger partial charge in [0.25, 0.3) is 0 Å². The minimum Gasteiger partial charge on any atom is -0.508 e. The first-order chi connectivity index (χ1) is 15.2. The van der Waals surface area contributed by atoms with Gasteiger partial charge >= 0.3 is 0 Å². The third-order valence-electron chi connectivity index (χ3n) is 5.13.